The van der Waals surface area contributed by atoms with E-state index >= 15 is 0 Å². The van der Waals surface area contributed by atoms with Crippen LogP contribution in [0.1, 0.15) is 29.9 Å². The molecule has 0 saturated carbocycles. The molecule has 1 heterocycles. The SMILES string of the molecule is Cc1ccccc1C1CCN(C(=O)CNCC(F)(F)F)CC1. The van der Waals surface area contributed by atoms with E-state index in [9.17, 15) is 18.0 Å². The van der Waals surface area contributed by atoms with E-state index in [-0.39, 0.29) is 12.5 Å². The number of likely N-dealkylation sites (tertiary alicyclic amines) is 1. The van der Waals surface area contributed by atoms with Crippen LogP contribution in [0.4, 0.5) is 13.2 Å². The van der Waals surface area contributed by atoms with Gasteiger partial charge in [0.25, 0.3) is 0 Å². The average Bonchev–Trinajstić information content (AvgIpc) is 2.46. The number of benzene rings is 1. The zero-order valence-corrected chi connectivity index (χ0v) is 12.6. The van der Waals surface area contributed by atoms with Gasteiger partial charge in [-0.05, 0) is 36.8 Å². The number of carbonyl (C=O) groups excluding carboxylic acids is 1. The molecule has 1 fully saturated rings. The highest BCUT2D eigenvalue weighted by Crippen LogP contribution is 2.29. The third-order valence-corrected chi connectivity index (χ3v) is 4.08. The number of alkyl halides is 3. The Morgan fingerprint density at radius 1 is 1.27 bits per heavy atom. The molecule has 1 aromatic carbocycles. The standard InChI is InChI=1S/C16H21F3N2O/c1-12-4-2-3-5-14(12)13-6-8-21(9-7-13)15(22)10-20-11-16(17,18)19/h2-5,13,20H,6-11H2,1H3. The number of nitrogens with one attached hydrogen (secondary N) is 1. The molecule has 1 aliphatic heterocycles. The van der Waals surface area contributed by atoms with E-state index in [1.54, 1.807) is 4.90 Å². The summed E-state index contributed by atoms with van der Waals surface area (Å²) in [5.74, 6) is 0.167. The van der Waals surface area contributed by atoms with Crippen molar-refractivity contribution in [3.05, 3.63) is 35.4 Å². The zero-order chi connectivity index (χ0) is 16.2. The molecule has 0 atom stereocenters. The molecule has 1 N–H and O–H groups in total. The highest BCUT2D eigenvalue weighted by molar-refractivity contribution is 5.78. The Labute approximate surface area is 128 Å². The van der Waals surface area contributed by atoms with Crippen molar-refractivity contribution in [3.8, 4) is 0 Å². The van der Waals surface area contributed by atoms with Gasteiger partial charge in [0.15, 0.2) is 0 Å². The largest absolute Gasteiger partial charge is 0.401 e. The van der Waals surface area contributed by atoms with Crippen LogP contribution < -0.4 is 5.32 Å². The van der Waals surface area contributed by atoms with Crippen molar-refractivity contribution in [1.29, 1.82) is 0 Å². The van der Waals surface area contributed by atoms with Gasteiger partial charge in [0.1, 0.15) is 0 Å². The Morgan fingerprint density at radius 2 is 1.91 bits per heavy atom. The Morgan fingerprint density at radius 3 is 2.50 bits per heavy atom. The van der Waals surface area contributed by atoms with Gasteiger partial charge in [-0.15, -0.1) is 0 Å². The molecular weight excluding hydrogens is 293 g/mol. The minimum atomic E-state index is -4.28. The number of nitrogens with zero attached hydrogens (tertiary/aromatic N) is 1. The van der Waals surface area contributed by atoms with Crippen molar-refractivity contribution >= 4 is 5.91 Å². The zero-order valence-electron chi connectivity index (χ0n) is 12.6. The molecule has 0 spiro atoms. The van der Waals surface area contributed by atoms with Gasteiger partial charge in [-0.2, -0.15) is 13.2 Å². The first kappa shape index (κ1) is 16.8. The average molecular weight is 314 g/mol. The number of amides is 1. The van der Waals surface area contributed by atoms with E-state index in [1.165, 1.54) is 11.1 Å². The molecule has 0 aromatic heterocycles. The van der Waals surface area contributed by atoms with Crippen molar-refractivity contribution in [2.45, 2.75) is 31.9 Å². The van der Waals surface area contributed by atoms with Crippen LogP contribution in [0.25, 0.3) is 0 Å². The van der Waals surface area contributed by atoms with Gasteiger partial charge >= 0.3 is 6.18 Å². The highest BCUT2D eigenvalue weighted by Gasteiger charge is 2.28. The molecule has 1 amide bonds. The lowest BCUT2D eigenvalue weighted by Gasteiger charge is -2.33. The maximum Gasteiger partial charge on any atom is 0.401 e. The van der Waals surface area contributed by atoms with Crippen LogP contribution in [0.2, 0.25) is 0 Å². The Hall–Kier alpha value is -1.56. The van der Waals surface area contributed by atoms with Crippen molar-refractivity contribution in [1.82, 2.24) is 10.2 Å². The molecular formula is C16H21F3N2O. The predicted octanol–water partition coefficient (Wildman–Crippen LogP) is 2.85. The molecule has 1 aromatic rings. The van der Waals surface area contributed by atoms with Crippen LogP contribution in [0.5, 0.6) is 0 Å². The van der Waals surface area contributed by atoms with Crippen LogP contribution in [0, 0.1) is 6.92 Å². The molecule has 3 nitrogen and oxygen atoms in total. The van der Waals surface area contributed by atoms with Gasteiger partial charge in [-0.25, -0.2) is 0 Å². The summed E-state index contributed by atoms with van der Waals surface area (Å²) >= 11 is 0. The van der Waals surface area contributed by atoms with E-state index in [1.807, 2.05) is 12.1 Å². The van der Waals surface area contributed by atoms with Crippen molar-refractivity contribution in [3.63, 3.8) is 0 Å². The normalized spacial score (nSPS) is 16.8. The number of hydrogen-bond donors (Lipinski definition) is 1. The fourth-order valence-electron chi connectivity index (χ4n) is 2.91. The molecule has 0 bridgehead atoms. The lowest BCUT2D eigenvalue weighted by Crippen LogP contribution is -2.44. The molecule has 0 radical (unpaired) electrons. The first-order valence-corrected chi connectivity index (χ1v) is 7.47. The third-order valence-electron chi connectivity index (χ3n) is 4.08. The molecule has 1 saturated heterocycles. The summed E-state index contributed by atoms with van der Waals surface area (Å²) in [6.45, 7) is 1.90. The summed E-state index contributed by atoms with van der Waals surface area (Å²) in [5.41, 5.74) is 2.56. The van der Waals surface area contributed by atoms with Gasteiger partial charge in [0.05, 0.1) is 13.1 Å². The van der Waals surface area contributed by atoms with E-state index in [4.69, 9.17) is 0 Å². The monoisotopic (exact) mass is 314 g/mol. The molecule has 2 rings (SSSR count). The van der Waals surface area contributed by atoms with E-state index < -0.39 is 12.7 Å². The first-order chi connectivity index (χ1) is 10.4. The highest BCUT2D eigenvalue weighted by atomic mass is 19.4. The van der Waals surface area contributed by atoms with Crippen molar-refractivity contribution < 1.29 is 18.0 Å². The number of aryl methyl sites for hydroxylation is 1. The second-order valence-corrected chi connectivity index (χ2v) is 5.73. The van der Waals surface area contributed by atoms with E-state index in [2.05, 4.69) is 24.4 Å². The minimum Gasteiger partial charge on any atom is -0.342 e. The minimum absolute atomic E-state index is 0.255. The van der Waals surface area contributed by atoms with Crippen LogP contribution in [0.15, 0.2) is 24.3 Å². The molecule has 0 unspecified atom stereocenters. The van der Waals surface area contributed by atoms with Gasteiger partial charge in [0.2, 0.25) is 5.91 Å². The second kappa shape index (κ2) is 7.13. The molecule has 122 valence electrons. The lowest BCUT2D eigenvalue weighted by molar-refractivity contribution is -0.135. The Bertz CT molecular complexity index is 508. The summed E-state index contributed by atoms with van der Waals surface area (Å²) in [4.78, 5) is 13.5. The smallest absolute Gasteiger partial charge is 0.342 e. The molecule has 0 aliphatic carbocycles. The quantitative estimate of drug-likeness (QED) is 0.927. The van der Waals surface area contributed by atoms with Gasteiger partial charge in [-0.1, -0.05) is 24.3 Å². The number of carbonyl (C=O) groups is 1. The summed E-state index contributed by atoms with van der Waals surface area (Å²) < 4.78 is 36.1. The van der Waals surface area contributed by atoms with Gasteiger partial charge in [0, 0.05) is 13.1 Å². The fraction of sp³-hybridized carbons (Fsp3) is 0.562. The summed E-state index contributed by atoms with van der Waals surface area (Å²) in [6.07, 6.45) is -2.57. The maximum absolute atomic E-state index is 12.0. The summed E-state index contributed by atoms with van der Waals surface area (Å²) in [7, 11) is 0. The van der Waals surface area contributed by atoms with E-state index in [0.29, 0.717) is 19.0 Å². The fourth-order valence-corrected chi connectivity index (χ4v) is 2.91. The van der Waals surface area contributed by atoms with Crippen molar-refractivity contribution in [2.24, 2.45) is 0 Å². The van der Waals surface area contributed by atoms with Crippen LogP contribution >= 0.6 is 0 Å². The predicted molar refractivity (Wildman–Crippen MR) is 78.7 cm³/mol. The molecule has 1 aliphatic rings. The number of piperidine rings is 1. The second-order valence-electron chi connectivity index (χ2n) is 5.73. The van der Waals surface area contributed by atoms with Crippen molar-refractivity contribution in [2.75, 3.05) is 26.2 Å². The van der Waals surface area contributed by atoms with Gasteiger partial charge in [-0.3, -0.25) is 4.79 Å². The lowest BCUT2D eigenvalue weighted by atomic mass is 9.87. The maximum atomic E-state index is 12.0. The molecule has 22 heavy (non-hydrogen) atoms. The van der Waals surface area contributed by atoms with Crippen LogP contribution in [-0.2, 0) is 4.79 Å². The Kier molecular flexibility index (Phi) is 5.45. The summed E-state index contributed by atoms with van der Waals surface area (Å²) in [6, 6.07) is 8.21. The molecule has 6 heteroatoms. The van der Waals surface area contributed by atoms with Gasteiger partial charge < -0.3 is 10.2 Å². The van der Waals surface area contributed by atoms with Crippen LogP contribution in [-0.4, -0.2) is 43.2 Å². The van der Waals surface area contributed by atoms with Crippen LogP contribution in [0.3, 0.4) is 0 Å². The third kappa shape index (κ3) is 4.73. The first-order valence-electron chi connectivity index (χ1n) is 7.47. The Balaban J connectivity index is 1.79. The number of rotatable bonds is 4. The topological polar surface area (TPSA) is 32.3 Å². The number of hydrogen-bond acceptors (Lipinski definition) is 2. The number of halogens is 3. The van der Waals surface area contributed by atoms with E-state index in [0.717, 1.165) is 12.8 Å². The summed E-state index contributed by atoms with van der Waals surface area (Å²) in [5, 5.41) is 2.16.